The average Bonchev–Trinajstić information content (AvgIpc) is 2.84. The van der Waals surface area contributed by atoms with Gasteiger partial charge in [0.15, 0.2) is 0 Å². The van der Waals surface area contributed by atoms with Crippen LogP contribution in [0.3, 0.4) is 0 Å². The molecule has 200 valence electrons. The normalized spacial score (nSPS) is 13.4. The number of nitrogens with one attached hydrogen (secondary N) is 3. The first-order valence-corrected chi connectivity index (χ1v) is 12.5. The van der Waals surface area contributed by atoms with E-state index in [-0.39, 0.29) is 24.9 Å². The number of alkyl carbamates (subject to hydrolysis) is 1. The van der Waals surface area contributed by atoms with Crippen molar-refractivity contribution in [1.29, 1.82) is 0 Å². The summed E-state index contributed by atoms with van der Waals surface area (Å²) in [7, 11) is -1.76. The highest BCUT2D eigenvalue weighted by Crippen LogP contribution is 2.14. The molecule has 2 aromatic rings. The lowest BCUT2D eigenvalue weighted by molar-refractivity contribution is -0.131. The summed E-state index contributed by atoms with van der Waals surface area (Å²) in [5.74, 6) is -2.67. The van der Waals surface area contributed by atoms with Crippen LogP contribution in [0, 0.1) is 11.8 Å². The van der Waals surface area contributed by atoms with E-state index in [0.717, 1.165) is 5.56 Å². The standard InChI is InChI=1S/C26H35BClN3O6/c1-16(2)22(25(33)31-23(17(3)4)27(35)36)30-24(32)21(14-19-11-8-12-20(28)13-19)29-26(34)37-15-18-9-6-5-7-10-18/h5-13,16-17,21-23,35-36H,14-15H2,1-4H3,(H,29,34)(H,30,32)(H,31,33)/t21-,22-,23-/m0/s1. The Balaban J connectivity index is 2.17. The van der Waals surface area contributed by atoms with Crippen molar-refractivity contribution >= 4 is 36.6 Å². The number of halogens is 1. The van der Waals surface area contributed by atoms with Crippen molar-refractivity contribution in [2.24, 2.45) is 11.8 Å². The molecule has 2 rings (SSSR count). The maximum atomic E-state index is 13.3. The number of carbonyl (C=O) groups is 3. The van der Waals surface area contributed by atoms with E-state index in [1.165, 1.54) is 0 Å². The molecule has 3 amide bonds. The Labute approximate surface area is 223 Å². The largest absolute Gasteiger partial charge is 0.475 e. The maximum Gasteiger partial charge on any atom is 0.475 e. The number of ether oxygens (including phenoxy) is 1. The molecule has 0 spiro atoms. The first kappa shape index (κ1) is 30.2. The molecule has 0 aliphatic rings. The van der Waals surface area contributed by atoms with Crippen molar-refractivity contribution in [3.8, 4) is 0 Å². The molecule has 3 atom stereocenters. The molecule has 0 heterocycles. The lowest BCUT2D eigenvalue weighted by atomic mass is 9.72. The van der Waals surface area contributed by atoms with Gasteiger partial charge in [-0.1, -0.05) is 81.8 Å². The number of hydrogen-bond acceptors (Lipinski definition) is 6. The SMILES string of the molecule is CC(C)[C@H](NC(=O)[C@@H](NC(=O)[C@H](Cc1cccc(Cl)c1)NC(=O)OCc1ccccc1)C(C)C)B(O)O. The van der Waals surface area contributed by atoms with Crippen LogP contribution in [0.4, 0.5) is 4.79 Å². The van der Waals surface area contributed by atoms with E-state index in [2.05, 4.69) is 16.0 Å². The predicted octanol–water partition coefficient (Wildman–Crippen LogP) is 2.47. The Morgan fingerprint density at radius 3 is 2.08 bits per heavy atom. The van der Waals surface area contributed by atoms with Crippen molar-refractivity contribution in [2.45, 2.75) is 58.7 Å². The highest BCUT2D eigenvalue weighted by Gasteiger charge is 2.34. The van der Waals surface area contributed by atoms with Gasteiger partial charge in [-0.3, -0.25) is 9.59 Å². The molecule has 0 bridgehead atoms. The quantitative estimate of drug-likeness (QED) is 0.267. The lowest BCUT2D eigenvalue weighted by Crippen LogP contribution is -2.59. The summed E-state index contributed by atoms with van der Waals surface area (Å²) in [6.07, 6.45) is -0.691. The Bertz CT molecular complexity index is 1030. The number of hydrogen-bond donors (Lipinski definition) is 5. The van der Waals surface area contributed by atoms with Crippen LogP contribution in [0.5, 0.6) is 0 Å². The number of amides is 3. The van der Waals surface area contributed by atoms with Crippen molar-refractivity contribution in [1.82, 2.24) is 16.0 Å². The van der Waals surface area contributed by atoms with Crippen LogP contribution in [0.2, 0.25) is 5.02 Å². The molecule has 0 fully saturated rings. The van der Waals surface area contributed by atoms with Crippen LogP contribution in [-0.2, 0) is 27.4 Å². The fourth-order valence-electron chi connectivity index (χ4n) is 3.64. The van der Waals surface area contributed by atoms with Crippen LogP contribution >= 0.6 is 11.6 Å². The van der Waals surface area contributed by atoms with E-state index >= 15 is 0 Å². The summed E-state index contributed by atoms with van der Waals surface area (Å²) in [6, 6.07) is 13.9. The second-order valence-corrected chi connectivity index (χ2v) is 9.95. The third-order valence-corrected chi connectivity index (χ3v) is 5.98. The minimum absolute atomic E-state index is 0.0231. The van der Waals surface area contributed by atoms with E-state index in [1.54, 1.807) is 52.0 Å². The number of carbonyl (C=O) groups excluding carboxylic acids is 3. The highest BCUT2D eigenvalue weighted by molar-refractivity contribution is 6.43. The summed E-state index contributed by atoms with van der Waals surface area (Å²) in [5, 5.41) is 27.6. The van der Waals surface area contributed by atoms with Gasteiger partial charge in [0.1, 0.15) is 18.7 Å². The van der Waals surface area contributed by atoms with Gasteiger partial charge in [-0.2, -0.15) is 0 Å². The summed E-state index contributed by atoms with van der Waals surface area (Å²) in [4.78, 5) is 38.9. The molecule has 37 heavy (non-hydrogen) atoms. The lowest BCUT2D eigenvalue weighted by Gasteiger charge is -2.28. The molecule has 2 aromatic carbocycles. The first-order chi connectivity index (χ1) is 17.5. The van der Waals surface area contributed by atoms with Gasteiger partial charge in [0.05, 0.1) is 5.94 Å². The Hall–Kier alpha value is -3.08. The Kier molecular flexibility index (Phi) is 11.9. The van der Waals surface area contributed by atoms with Crippen LogP contribution in [0.25, 0.3) is 0 Å². The van der Waals surface area contributed by atoms with E-state index in [4.69, 9.17) is 16.3 Å². The molecular weight excluding hydrogens is 497 g/mol. The summed E-state index contributed by atoms with van der Waals surface area (Å²) >= 11 is 6.09. The summed E-state index contributed by atoms with van der Waals surface area (Å²) in [5.41, 5.74) is 1.49. The fourth-order valence-corrected chi connectivity index (χ4v) is 3.86. The molecule has 0 aliphatic heterocycles. The topological polar surface area (TPSA) is 137 Å². The molecule has 0 unspecified atom stereocenters. The van der Waals surface area contributed by atoms with E-state index in [1.807, 2.05) is 30.3 Å². The van der Waals surface area contributed by atoms with Crippen LogP contribution < -0.4 is 16.0 Å². The van der Waals surface area contributed by atoms with Crippen molar-refractivity contribution in [2.75, 3.05) is 0 Å². The molecule has 11 heteroatoms. The monoisotopic (exact) mass is 531 g/mol. The van der Waals surface area contributed by atoms with Gasteiger partial charge < -0.3 is 30.7 Å². The van der Waals surface area contributed by atoms with E-state index in [9.17, 15) is 24.4 Å². The van der Waals surface area contributed by atoms with Crippen LogP contribution in [0.1, 0.15) is 38.8 Å². The minimum atomic E-state index is -1.76. The third kappa shape index (κ3) is 10.1. The molecule has 0 saturated heterocycles. The van der Waals surface area contributed by atoms with Crippen molar-refractivity contribution in [3.05, 3.63) is 70.7 Å². The number of benzene rings is 2. The zero-order valence-electron chi connectivity index (χ0n) is 21.5. The second-order valence-electron chi connectivity index (χ2n) is 9.51. The minimum Gasteiger partial charge on any atom is -0.445 e. The molecule has 0 aliphatic carbocycles. The molecule has 0 aromatic heterocycles. The predicted molar refractivity (Wildman–Crippen MR) is 142 cm³/mol. The molecule has 0 saturated carbocycles. The van der Waals surface area contributed by atoms with E-state index < -0.39 is 43.1 Å². The average molecular weight is 532 g/mol. The Morgan fingerprint density at radius 1 is 0.865 bits per heavy atom. The zero-order chi connectivity index (χ0) is 27.5. The summed E-state index contributed by atoms with van der Waals surface area (Å²) in [6.45, 7) is 6.99. The van der Waals surface area contributed by atoms with Gasteiger partial charge in [-0.25, -0.2) is 4.79 Å². The highest BCUT2D eigenvalue weighted by atomic mass is 35.5. The smallest absolute Gasteiger partial charge is 0.445 e. The molecular formula is C26H35BClN3O6. The molecule has 0 radical (unpaired) electrons. The van der Waals surface area contributed by atoms with Gasteiger partial charge >= 0.3 is 13.2 Å². The number of rotatable bonds is 12. The summed E-state index contributed by atoms with van der Waals surface area (Å²) < 4.78 is 5.28. The maximum absolute atomic E-state index is 13.3. The third-order valence-electron chi connectivity index (χ3n) is 5.75. The van der Waals surface area contributed by atoms with E-state index in [0.29, 0.717) is 10.6 Å². The van der Waals surface area contributed by atoms with Gasteiger partial charge in [0.25, 0.3) is 0 Å². The van der Waals surface area contributed by atoms with Gasteiger partial charge in [0.2, 0.25) is 11.8 Å². The first-order valence-electron chi connectivity index (χ1n) is 12.2. The van der Waals surface area contributed by atoms with Gasteiger partial charge in [-0.05, 0) is 35.1 Å². The van der Waals surface area contributed by atoms with Gasteiger partial charge in [0, 0.05) is 11.4 Å². The fraction of sp³-hybridized carbons (Fsp3) is 0.423. The van der Waals surface area contributed by atoms with Crippen molar-refractivity contribution in [3.63, 3.8) is 0 Å². The molecule has 9 nitrogen and oxygen atoms in total. The molecule has 5 N–H and O–H groups in total. The van der Waals surface area contributed by atoms with Crippen LogP contribution in [0.15, 0.2) is 54.6 Å². The van der Waals surface area contributed by atoms with Crippen LogP contribution in [-0.4, -0.2) is 53.1 Å². The van der Waals surface area contributed by atoms with Gasteiger partial charge in [-0.15, -0.1) is 0 Å². The zero-order valence-corrected chi connectivity index (χ0v) is 22.2. The van der Waals surface area contributed by atoms with Crippen molar-refractivity contribution < 1.29 is 29.2 Å². The second kappa shape index (κ2) is 14.6. The Morgan fingerprint density at radius 2 is 1.51 bits per heavy atom.